The number of benzene rings is 1. The molecule has 1 aromatic heterocycles. The van der Waals surface area contributed by atoms with E-state index in [1.54, 1.807) is 0 Å². The number of pyridine rings is 1. The number of nitrogens with one attached hydrogen (secondary N) is 1. The summed E-state index contributed by atoms with van der Waals surface area (Å²) >= 11 is 0. The summed E-state index contributed by atoms with van der Waals surface area (Å²) in [5, 5.41) is 3.51. The lowest BCUT2D eigenvalue weighted by molar-refractivity contribution is 0.685. The SMILES string of the molecule is Cc1cccc(N(C)Cc2ccc(CNC3CC3)cn2)c1. The lowest BCUT2D eigenvalue weighted by Gasteiger charge is -2.19. The monoisotopic (exact) mass is 281 g/mol. The van der Waals surface area contributed by atoms with Crippen LogP contribution in [0.15, 0.2) is 42.6 Å². The molecular weight excluding hydrogens is 258 g/mol. The lowest BCUT2D eigenvalue weighted by Crippen LogP contribution is -2.18. The Kier molecular flexibility index (Phi) is 4.20. The molecule has 1 aliphatic carbocycles. The van der Waals surface area contributed by atoms with Crippen LogP contribution in [0, 0.1) is 6.92 Å². The van der Waals surface area contributed by atoms with Crippen LogP contribution >= 0.6 is 0 Å². The molecule has 0 aliphatic heterocycles. The number of nitrogens with zero attached hydrogens (tertiary/aromatic N) is 2. The summed E-state index contributed by atoms with van der Waals surface area (Å²) in [6.07, 6.45) is 4.65. The second-order valence-electron chi connectivity index (χ2n) is 6.01. The van der Waals surface area contributed by atoms with Gasteiger partial charge in [-0.3, -0.25) is 4.98 Å². The van der Waals surface area contributed by atoms with E-state index in [4.69, 9.17) is 0 Å². The van der Waals surface area contributed by atoms with Crippen LogP contribution in [0.2, 0.25) is 0 Å². The quantitative estimate of drug-likeness (QED) is 0.880. The lowest BCUT2D eigenvalue weighted by atomic mass is 10.2. The van der Waals surface area contributed by atoms with Gasteiger partial charge in [-0.15, -0.1) is 0 Å². The van der Waals surface area contributed by atoms with Crippen molar-refractivity contribution in [2.24, 2.45) is 0 Å². The van der Waals surface area contributed by atoms with E-state index in [0.29, 0.717) is 0 Å². The number of hydrogen-bond acceptors (Lipinski definition) is 3. The Labute approximate surface area is 127 Å². The van der Waals surface area contributed by atoms with Crippen LogP contribution in [0.3, 0.4) is 0 Å². The Bertz CT molecular complexity index is 588. The summed E-state index contributed by atoms with van der Waals surface area (Å²) in [6.45, 7) is 3.89. The predicted octanol–water partition coefficient (Wildman–Crippen LogP) is 3.28. The molecule has 3 nitrogen and oxygen atoms in total. The average Bonchev–Trinajstić information content (AvgIpc) is 3.31. The summed E-state index contributed by atoms with van der Waals surface area (Å²) in [5.74, 6) is 0. The van der Waals surface area contributed by atoms with E-state index in [-0.39, 0.29) is 0 Å². The van der Waals surface area contributed by atoms with Gasteiger partial charge in [-0.2, -0.15) is 0 Å². The molecule has 1 heterocycles. The average molecular weight is 281 g/mol. The summed E-state index contributed by atoms with van der Waals surface area (Å²) in [4.78, 5) is 6.82. The van der Waals surface area contributed by atoms with Gasteiger partial charge < -0.3 is 10.2 Å². The van der Waals surface area contributed by atoms with Crippen molar-refractivity contribution in [3.8, 4) is 0 Å². The fourth-order valence-corrected chi connectivity index (χ4v) is 2.40. The molecule has 3 rings (SSSR count). The Morgan fingerprint density at radius 1 is 1.24 bits per heavy atom. The number of aryl methyl sites for hydroxylation is 1. The standard InChI is InChI=1S/C18H23N3/c1-14-4-3-5-18(10-14)21(2)13-17-7-6-15(12-20-17)11-19-16-8-9-16/h3-7,10,12,16,19H,8-9,11,13H2,1-2H3. The minimum atomic E-state index is 0.747. The zero-order valence-electron chi connectivity index (χ0n) is 12.8. The van der Waals surface area contributed by atoms with Gasteiger partial charge in [0.2, 0.25) is 0 Å². The van der Waals surface area contributed by atoms with Crippen molar-refractivity contribution < 1.29 is 0 Å². The van der Waals surface area contributed by atoms with Crippen molar-refractivity contribution in [2.45, 2.75) is 38.9 Å². The molecule has 0 unspecified atom stereocenters. The highest BCUT2D eigenvalue weighted by Crippen LogP contribution is 2.19. The number of anilines is 1. The first-order valence-corrected chi connectivity index (χ1v) is 7.66. The minimum Gasteiger partial charge on any atom is -0.369 e. The van der Waals surface area contributed by atoms with Gasteiger partial charge in [-0.05, 0) is 49.1 Å². The van der Waals surface area contributed by atoms with Crippen molar-refractivity contribution >= 4 is 5.69 Å². The first kappa shape index (κ1) is 14.1. The topological polar surface area (TPSA) is 28.2 Å². The molecule has 0 amide bonds. The molecule has 1 saturated carbocycles. The van der Waals surface area contributed by atoms with Gasteiger partial charge in [0.05, 0.1) is 12.2 Å². The fraction of sp³-hybridized carbons (Fsp3) is 0.389. The number of hydrogen-bond donors (Lipinski definition) is 1. The van der Waals surface area contributed by atoms with Gasteiger partial charge in [-0.25, -0.2) is 0 Å². The predicted molar refractivity (Wildman–Crippen MR) is 87.4 cm³/mol. The highest BCUT2D eigenvalue weighted by atomic mass is 15.1. The van der Waals surface area contributed by atoms with Crippen LogP contribution in [0.4, 0.5) is 5.69 Å². The van der Waals surface area contributed by atoms with E-state index in [0.717, 1.165) is 24.8 Å². The highest BCUT2D eigenvalue weighted by Gasteiger charge is 2.19. The van der Waals surface area contributed by atoms with E-state index < -0.39 is 0 Å². The molecular formula is C18H23N3. The second kappa shape index (κ2) is 6.27. The smallest absolute Gasteiger partial charge is 0.0598 e. The van der Waals surface area contributed by atoms with Crippen molar-refractivity contribution in [1.82, 2.24) is 10.3 Å². The van der Waals surface area contributed by atoms with Crippen LogP contribution in [0.25, 0.3) is 0 Å². The third kappa shape index (κ3) is 4.05. The first-order chi connectivity index (χ1) is 10.2. The number of rotatable bonds is 6. The maximum absolute atomic E-state index is 4.58. The fourth-order valence-electron chi connectivity index (χ4n) is 2.40. The van der Waals surface area contributed by atoms with Crippen molar-refractivity contribution in [3.63, 3.8) is 0 Å². The molecule has 21 heavy (non-hydrogen) atoms. The molecule has 1 N–H and O–H groups in total. The second-order valence-corrected chi connectivity index (χ2v) is 6.01. The molecule has 3 heteroatoms. The van der Waals surface area contributed by atoms with Crippen LogP contribution < -0.4 is 10.2 Å². The largest absolute Gasteiger partial charge is 0.369 e. The Hall–Kier alpha value is -1.87. The zero-order valence-corrected chi connectivity index (χ0v) is 12.8. The minimum absolute atomic E-state index is 0.747. The van der Waals surface area contributed by atoms with E-state index in [9.17, 15) is 0 Å². The molecule has 1 aliphatic rings. The normalized spacial score (nSPS) is 14.2. The molecule has 0 radical (unpaired) electrons. The molecule has 1 fully saturated rings. The van der Waals surface area contributed by atoms with Gasteiger partial charge in [0.1, 0.15) is 0 Å². The molecule has 0 atom stereocenters. The molecule has 1 aromatic carbocycles. The maximum Gasteiger partial charge on any atom is 0.0598 e. The van der Waals surface area contributed by atoms with Crippen molar-refractivity contribution in [3.05, 3.63) is 59.4 Å². The van der Waals surface area contributed by atoms with Gasteiger partial charge in [-0.1, -0.05) is 18.2 Å². The Morgan fingerprint density at radius 2 is 2.10 bits per heavy atom. The van der Waals surface area contributed by atoms with Crippen LogP contribution in [0.1, 0.15) is 29.7 Å². The van der Waals surface area contributed by atoms with Crippen molar-refractivity contribution in [2.75, 3.05) is 11.9 Å². The summed E-state index contributed by atoms with van der Waals surface area (Å²) in [7, 11) is 2.11. The molecule has 110 valence electrons. The molecule has 0 saturated heterocycles. The Morgan fingerprint density at radius 3 is 2.76 bits per heavy atom. The summed E-state index contributed by atoms with van der Waals surface area (Å²) in [5.41, 5.74) is 4.89. The number of aromatic nitrogens is 1. The molecule has 2 aromatic rings. The zero-order chi connectivity index (χ0) is 14.7. The van der Waals surface area contributed by atoms with E-state index in [1.165, 1.54) is 29.7 Å². The summed E-state index contributed by atoms with van der Waals surface area (Å²) in [6, 6.07) is 13.6. The van der Waals surface area contributed by atoms with E-state index >= 15 is 0 Å². The van der Waals surface area contributed by atoms with Crippen molar-refractivity contribution in [1.29, 1.82) is 0 Å². The van der Waals surface area contributed by atoms with Gasteiger partial charge in [0, 0.05) is 31.5 Å². The van der Waals surface area contributed by atoms with Crippen LogP contribution in [-0.4, -0.2) is 18.1 Å². The van der Waals surface area contributed by atoms with Crippen LogP contribution in [-0.2, 0) is 13.1 Å². The highest BCUT2D eigenvalue weighted by molar-refractivity contribution is 5.47. The van der Waals surface area contributed by atoms with E-state index in [2.05, 4.69) is 65.6 Å². The van der Waals surface area contributed by atoms with Gasteiger partial charge in [0.15, 0.2) is 0 Å². The van der Waals surface area contributed by atoms with Gasteiger partial charge in [0.25, 0.3) is 0 Å². The molecule has 0 spiro atoms. The third-order valence-electron chi connectivity index (χ3n) is 3.90. The van der Waals surface area contributed by atoms with E-state index in [1.807, 2.05) is 6.20 Å². The van der Waals surface area contributed by atoms with Crippen LogP contribution in [0.5, 0.6) is 0 Å². The van der Waals surface area contributed by atoms with Gasteiger partial charge >= 0.3 is 0 Å². The maximum atomic E-state index is 4.58. The third-order valence-corrected chi connectivity index (χ3v) is 3.90. The summed E-state index contributed by atoms with van der Waals surface area (Å²) < 4.78 is 0. The first-order valence-electron chi connectivity index (χ1n) is 7.66. The Balaban J connectivity index is 1.58. The molecule has 0 bridgehead atoms.